The Morgan fingerprint density at radius 3 is 2.22 bits per heavy atom. The molecule has 10 nitrogen and oxygen atoms in total. The molecular formula is C21H33N5O5S. The molecule has 0 aliphatic carbocycles. The number of carbonyl (C=O) groups is 2. The van der Waals surface area contributed by atoms with Crippen LogP contribution in [0.25, 0.3) is 0 Å². The van der Waals surface area contributed by atoms with Gasteiger partial charge in [-0.05, 0) is 19.1 Å². The molecule has 11 heteroatoms. The number of aromatic nitrogens is 1. The van der Waals surface area contributed by atoms with Crippen molar-refractivity contribution in [3.8, 4) is 0 Å². The molecule has 3 rings (SSSR count). The number of pyridine rings is 1. The van der Waals surface area contributed by atoms with E-state index in [0.717, 1.165) is 0 Å². The van der Waals surface area contributed by atoms with Gasteiger partial charge in [0.25, 0.3) is 0 Å². The zero-order chi connectivity index (χ0) is 23.5. The molecule has 0 saturated carbocycles. The summed E-state index contributed by atoms with van der Waals surface area (Å²) in [6.45, 7) is 10.8. The van der Waals surface area contributed by atoms with Gasteiger partial charge in [0.15, 0.2) is 0 Å². The number of anilines is 1. The summed E-state index contributed by atoms with van der Waals surface area (Å²) in [6, 6.07) is 2.70. The number of amides is 2. The molecule has 2 fully saturated rings. The van der Waals surface area contributed by atoms with Gasteiger partial charge in [-0.3, -0.25) is 9.59 Å². The molecule has 0 unspecified atom stereocenters. The van der Waals surface area contributed by atoms with Crippen molar-refractivity contribution in [1.82, 2.24) is 19.5 Å². The van der Waals surface area contributed by atoms with E-state index in [1.54, 1.807) is 24.0 Å². The van der Waals surface area contributed by atoms with Gasteiger partial charge in [0.1, 0.15) is 16.8 Å². The number of hydrogen-bond acceptors (Lipinski definition) is 7. The van der Waals surface area contributed by atoms with Gasteiger partial charge in [-0.15, -0.1) is 0 Å². The van der Waals surface area contributed by atoms with Crippen molar-refractivity contribution >= 4 is 27.7 Å². The van der Waals surface area contributed by atoms with Crippen molar-refractivity contribution < 1.29 is 22.7 Å². The van der Waals surface area contributed by atoms with Crippen LogP contribution in [0, 0.1) is 5.41 Å². The molecule has 2 aliphatic rings. The second-order valence-electron chi connectivity index (χ2n) is 9.13. The summed E-state index contributed by atoms with van der Waals surface area (Å²) in [5.41, 5.74) is -0.555. The van der Waals surface area contributed by atoms with Crippen LogP contribution in [0.1, 0.15) is 27.7 Å². The van der Waals surface area contributed by atoms with Crippen molar-refractivity contribution in [3.05, 3.63) is 18.3 Å². The summed E-state index contributed by atoms with van der Waals surface area (Å²) in [4.78, 5) is 33.1. The third-order valence-electron chi connectivity index (χ3n) is 5.64. The molecule has 0 bridgehead atoms. The lowest BCUT2D eigenvalue weighted by atomic mass is 9.95. The Labute approximate surface area is 190 Å². The van der Waals surface area contributed by atoms with Crippen LogP contribution < -0.4 is 10.2 Å². The number of piperazine rings is 1. The smallest absolute Gasteiger partial charge is 0.244 e. The van der Waals surface area contributed by atoms with Crippen molar-refractivity contribution in [2.75, 3.05) is 57.4 Å². The van der Waals surface area contributed by atoms with Crippen LogP contribution in [0.2, 0.25) is 0 Å². The highest BCUT2D eigenvalue weighted by molar-refractivity contribution is 7.89. The summed E-state index contributed by atoms with van der Waals surface area (Å²) < 4.78 is 32.1. The molecule has 2 amide bonds. The van der Waals surface area contributed by atoms with Gasteiger partial charge in [-0.25, -0.2) is 13.4 Å². The molecule has 178 valence electrons. The number of nitrogens with zero attached hydrogens (tertiary/aromatic N) is 4. The van der Waals surface area contributed by atoms with Gasteiger partial charge in [0.05, 0.1) is 13.2 Å². The molecule has 0 aromatic carbocycles. The normalized spacial score (nSPS) is 19.5. The van der Waals surface area contributed by atoms with Crippen LogP contribution in [-0.4, -0.2) is 92.9 Å². The number of ether oxygens (including phenoxy) is 1. The Balaban J connectivity index is 1.56. The summed E-state index contributed by atoms with van der Waals surface area (Å²) in [5, 5.41) is 2.78. The first-order valence-electron chi connectivity index (χ1n) is 10.9. The minimum atomic E-state index is -3.57. The summed E-state index contributed by atoms with van der Waals surface area (Å²) in [5.74, 6) is 0.405. The van der Waals surface area contributed by atoms with Crippen LogP contribution in [0.3, 0.4) is 0 Å². The van der Waals surface area contributed by atoms with E-state index in [1.807, 2.05) is 25.7 Å². The fraction of sp³-hybridized carbons (Fsp3) is 0.667. The lowest BCUT2D eigenvalue weighted by Crippen LogP contribution is -2.55. The van der Waals surface area contributed by atoms with Gasteiger partial charge in [-0.2, -0.15) is 4.31 Å². The minimum absolute atomic E-state index is 0.109. The van der Waals surface area contributed by atoms with Crippen LogP contribution in [-0.2, 0) is 24.3 Å². The van der Waals surface area contributed by atoms with Gasteiger partial charge >= 0.3 is 0 Å². The van der Waals surface area contributed by atoms with Crippen molar-refractivity contribution in [3.63, 3.8) is 0 Å². The summed E-state index contributed by atoms with van der Waals surface area (Å²) in [7, 11) is -3.57. The number of carbonyl (C=O) groups excluding carboxylic acids is 2. The molecule has 0 radical (unpaired) electrons. The predicted octanol–water partition coefficient (Wildman–Crippen LogP) is 0.302. The third-order valence-corrected chi connectivity index (χ3v) is 7.53. The third kappa shape index (κ3) is 5.57. The molecule has 1 aromatic rings. The zero-order valence-corrected chi connectivity index (χ0v) is 20.0. The van der Waals surface area contributed by atoms with Gasteiger partial charge in [-0.1, -0.05) is 20.8 Å². The average molecular weight is 468 g/mol. The summed E-state index contributed by atoms with van der Waals surface area (Å²) in [6.07, 6.45) is 1.39. The maximum Gasteiger partial charge on any atom is 0.244 e. The molecule has 0 spiro atoms. The molecule has 2 aliphatic heterocycles. The largest absolute Gasteiger partial charge is 0.379 e. The van der Waals surface area contributed by atoms with Gasteiger partial charge in [0, 0.05) is 50.9 Å². The molecule has 32 heavy (non-hydrogen) atoms. The fourth-order valence-corrected chi connectivity index (χ4v) is 4.91. The second kappa shape index (κ2) is 9.72. The number of sulfonamides is 1. The Morgan fingerprint density at radius 2 is 1.69 bits per heavy atom. The van der Waals surface area contributed by atoms with Crippen molar-refractivity contribution in [1.29, 1.82) is 0 Å². The molecular weight excluding hydrogens is 434 g/mol. The van der Waals surface area contributed by atoms with Gasteiger partial charge in [0.2, 0.25) is 21.8 Å². The number of morpholine rings is 1. The van der Waals surface area contributed by atoms with E-state index in [-0.39, 0.29) is 16.7 Å². The Morgan fingerprint density at radius 1 is 1.06 bits per heavy atom. The highest BCUT2D eigenvalue weighted by atomic mass is 32.2. The highest BCUT2D eigenvalue weighted by Gasteiger charge is 2.30. The van der Waals surface area contributed by atoms with E-state index in [1.165, 1.54) is 10.5 Å². The van der Waals surface area contributed by atoms with E-state index < -0.39 is 21.5 Å². The first kappa shape index (κ1) is 24.4. The molecule has 2 saturated heterocycles. The van der Waals surface area contributed by atoms with Crippen molar-refractivity contribution in [2.24, 2.45) is 5.41 Å². The molecule has 1 atom stereocenters. The van der Waals surface area contributed by atoms with Crippen molar-refractivity contribution in [2.45, 2.75) is 38.6 Å². The lowest BCUT2D eigenvalue weighted by Gasteiger charge is -2.37. The Kier molecular flexibility index (Phi) is 7.41. The maximum absolute atomic E-state index is 12.7. The van der Waals surface area contributed by atoms with Crippen LogP contribution in [0.4, 0.5) is 5.82 Å². The molecule has 1 aromatic heterocycles. The Bertz CT molecular complexity index is 915. The second-order valence-corrected chi connectivity index (χ2v) is 11.1. The van der Waals surface area contributed by atoms with E-state index in [4.69, 9.17) is 4.74 Å². The van der Waals surface area contributed by atoms with E-state index >= 15 is 0 Å². The number of rotatable bonds is 5. The number of hydrogen-bond donors (Lipinski definition) is 1. The Hall–Kier alpha value is -2.24. The van der Waals surface area contributed by atoms with E-state index in [2.05, 4.69) is 10.3 Å². The maximum atomic E-state index is 12.7. The first-order valence-corrected chi connectivity index (χ1v) is 12.3. The minimum Gasteiger partial charge on any atom is -0.379 e. The first-order chi connectivity index (χ1) is 15.0. The molecule has 1 N–H and O–H groups in total. The standard InChI is InChI=1S/C21H33N5O5S/c1-16(23-20(28)21(2,3)4)19(27)25-9-7-24(8-10-25)18-6-5-17(15-22-18)32(29,30)26-11-13-31-14-12-26/h5-6,15-16H,7-14H2,1-4H3,(H,23,28)/t16-/m1/s1. The topological polar surface area (TPSA) is 112 Å². The summed E-state index contributed by atoms with van der Waals surface area (Å²) >= 11 is 0. The van der Waals surface area contributed by atoms with E-state index in [9.17, 15) is 18.0 Å². The number of nitrogens with one attached hydrogen (secondary N) is 1. The molecule has 3 heterocycles. The van der Waals surface area contributed by atoms with Crippen LogP contribution in [0.15, 0.2) is 23.2 Å². The average Bonchev–Trinajstić information content (AvgIpc) is 2.78. The monoisotopic (exact) mass is 467 g/mol. The van der Waals surface area contributed by atoms with Crippen LogP contribution in [0.5, 0.6) is 0 Å². The van der Waals surface area contributed by atoms with Crippen LogP contribution >= 0.6 is 0 Å². The predicted molar refractivity (Wildman–Crippen MR) is 120 cm³/mol. The van der Waals surface area contributed by atoms with E-state index in [0.29, 0.717) is 58.3 Å². The lowest BCUT2D eigenvalue weighted by molar-refractivity contribution is -0.138. The zero-order valence-electron chi connectivity index (χ0n) is 19.2. The highest BCUT2D eigenvalue weighted by Crippen LogP contribution is 2.20. The SMILES string of the molecule is C[C@@H](NC(=O)C(C)(C)C)C(=O)N1CCN(c2ccc(S(=O)(=O)N3CCOCC3)cn2)CC1. The van der Waals surface area contributed by atoms with Gasteiger partial charge < -0.3 is 19.9 Å². The quantitative estimate of drug-likeness (QED) is 0.663. The fourth-order valence-electron chi connectivity index (χ4n) is 3.55.